The summed E-state index contributed by atoms with van der Waals surface area (Å²) in [5, 5.41) is 9.73. The normalized spacial score (nSPS) is 24.5. The Morgan fingerprint density at radius 2 is 1.93 bits per heavy atom. The number of phenols is 1. The Hall–Kier alpha value is -1.22. The molecule has 0 spiro atoms. The Bertz CT molecular complexity index is 398. The van der Waals surface area contributed by atoms with E-state index in [9.17, 15) is 5.11 Å². The van der Waals surface area contributed by atoms with Crippen LogP contribution in [0.4, 0.5) is 0 Å². The topological polar surface area (TPSA) is 38.7 Å². The van der Waals surface area contributed by atoms with Gasteiger partial charge in [-0.2, -0.15) is 0 Å². The summed E-state index contributed by atoms with van der Waals surface area (Å²) >= 11 is 0. The maximum Gasteiger partial charge on any atom is 0.197 e. The molecule has 1 heterocycles. The first-order chi connectivity index (χ1) is 7.00. The van der Waals surface area contributed by atoms with E-state index in [4.69, 9.17) is 9.47 Å². The Kier molecular flexibility index (Phi) is 2.35. The molecule has 15 heavy (non-hydrogen) atoms. The SMILES string of the molecule is Cc1cc(O)c(C)c2c1O[C@H](C)O[C@H]2C. The van der Waals surface area contributed by atoms with Gasteiger partial charge in [0.15, 0.2) is 6.29 Å². The summed E-state index contributed by atoms with van der Waals surface area (Å²) in [6.07, 6.45) is -0.260. The van der Waals surface area contributed by atoms with E-state index in [1.165, 1.54) is 0 Å². The number of benzene rings is 1. The largest absolute Gasteiger partial charge is 0.508 e. The Labute approximate surface area is 89.6 Å². The van der Waals surface area contributed by atoms with E-state index in [0.717, 1.165) is 22.4 Å². The molecule has 1 aliphatic heterocycles. The van der Waals surface area contributed by atoms with Crippen molar-refractivity contribution >= 4 is 0 Å². The van der Waals surface area contributed by atoms with Crippen LogP contribution in [0.2, 0.25) is 0 Å². The van der Waals surface area contributed by atoms with E-state index in [1.54, 1.807) is 6.07 Å². The number of ether oxygens (including phenoxy) is 2. The summed E-state index contributed by atoms with van der Waals surface area (Å²) in [5.74, 6) is 1.16. The fraction of sp³-hybridized carbons (Fsp3) is 0.500. The highest BCUT2D eigenvalue weighted by molar-refractivity contribution is 5.53. The first kappa shape index (κ1) is 10.3. The van der Waals surface area contributed by atoms with Gasteiger partial charge < -0.3 is 14.6 Å². The molecule has 82 valence electrons. The number of aromatic hydroxyl groups is 1. The molecule has 3 nitrogen and oxygen atoms in total. The monoisotopic (exact) mass is 208 g/mol. The first-order valence-corrected chi connectivity index (χ1v) is 5.16. The van der Waals surface area contributed by atoms with Gasteiger partial charge in [0, 0.05) is 11.1 Å². The van der Waals surface area contributed by atoms with Crippen LogP contribution in [0.25, 0.3) is 0 Å². The molecule has 2 rings (SSSR count). The molecule has 0 amide bonds. The summed E-state index contributed by atoms with van der Waals surface area (Å²) < 4.78 is 11.2. The minimum Gasteiger partial charge on any atom is -0.508 e. The van der Waals surface area contributed by atoms with E-state index in [1.807, 2.05) is 27.7 Å². The zero-order valence-electron chi connectivity index (χ0n) is 9.50. The highest BCUT2D eigenvalue weighted by Crippen LogP contribution is 2.42. The molecule has 0 fully saturated rings. The Morgan fingerprint density at radius 1 is 1.27 bits per heavy atom. The van der Waals surface area contributed by atoms with Crippen molar-refractivity contribution in [1.82, 2.24) is 0 Å². The lowest BCUT2D eigenvalue weighted by molar-refractivity contribution is -0.123. The molecule has 1 aromatic rings. The molecule has 1 N–H and O–H groups in total. The lowest BCUT2D eigenvalue weighted by atomic mass is 9.98. The lowest BCUT2D eigenvalue weighted by Crippen LogP contribution is -2.25. The Morgan fingerprint density at radius 3 is 2.60 bits per heavy atom. The van der Waals surface area contributed by atoms with E-state index in [0.29, 0.717) is 5.75 Å². The lowest BCUT2D eigenvalue weighted by Gasteiger charge is -2.31. The maximum atomic E-state index is 9.73. The molecule has 1 aliphatic rings. The first-order valence-electron chi connectivity index (χ1n) is 5.16. The number of aryl methyl sites for hydroxylation is 1. The van der Waals surface area contributed by atoms with Crippen LogP contribution >= 0.6 is 0 Å². The molecule has 0 saturated carbocycles. The molecule has 3 heteroatoms. The van der Waals surface area contributed by atoms with Gasteiger partial charge in [-0.05, 0) is 39.3 Å². The maximum absolute atomic E-state index is 9.73. The number of rotatable bonds is 0. The molecule has 1 aromatic carbocycles. The smallest absolute Gasteiger partial charge is 0.197 e. The van der Waals surface area contributed by atoms with Gasteiger partial charge in [0.2, 0.25) is 0 Å². The van der Waals surface area contributed by atoms with Gasteiger partial charge in [-0.25, -0.2) is 0 Å². The van der Waals surface area contributed by atoms with Crippen LogP contribution in [0.3, 0.4) is 0 Å². The molecule has 0 saturated heterocycles. The van der Waals surface area contributed by atoms with E-state index in [-0.39, 0.29) is 12.4 Å². The second-order valence-electron chi connectivity index (χ2n) is 4.04. The zero-order valence-corrected chi connectivity index (χ0v) is 9.50. The van der Waals surface area contributed by atoms with Crippen molar-refractivity contribution in [3.8, 4) is 11.5 Å². The summed E-state index contributed by atoms with van der Waals surface area (Å²) in [6, 6.07) is 1.74. The number of hydrogen-bond acceptors (Lipinski definition) is 3. The highest BCUT2D eigenvalue weighted by atomic mass is 16.7. The number of hydrogen-bond donors (Lipinski definition) is 1. The van der Waals surface area contributed by atoms with Crippen LogP contribution in [-0.2, 0) is 4.74 Å². The van der Waals surface area contributed by atoms with Gasteiger partial charge in [-0.15, -0.1) is 0 Å². The molecule has 0 radical (unpaired) electrons. The minimum absolute atomic E-state index is 0.0328. The van der Waals surface area contributed by atoms with Gasteiger partial charge in [0.05, 0.1) is 6.10 Å². The average molecular weight is 208 g/mol. The molecule has 0 aromatic heterocycles. The third-order valence-corrected chi connectivity index (χ3v) is 2.83. The molecule has 0 aliphatic carbocycles. The van der Waals surface area contributed by atoms with Gasteiger partial charge in [-0.1, -0.05) is 0 Å². The zero-order chi connectivity index (χ0) is 11.2. The van der Waals surface area contributed by atoms with Crippen LogP contribution in [0.5, 0.6) is 11.5 Å². The molecule has 2 atom stereocenters. The van der Waals surface area contributed by atoms with Gasteiger partial charge in [0.25, 0.3) is 0 Å². The van der Waals surface area contributed by atoms with E-state index in [2.05, 4.69) is 0 Å². The minimum atomic E-state index is -0.227. The standard InChI is InChI=1S/C12H16O3/c1-6-5-10(13)7(2)11-8(3)14-9(4)15-12(6)11/h5,8-9,13H,1-4H3/t8-,9+/m0/s1. The second-order valence-corrected chi connectivity index (χ2v) is 4.04. The van der Waals surface area contributed by atoms with Crippen molar-refractivity contribution < 1.29 is 14.6 Å². The van der Waals surface area contributed by atoms with Crippen LogP contribution in [-0.4, -0.2) is 11.4 Å². The highest BCUT2D eigenvalue weighted by Gasteiger charge is 2.27. The fourth-order valence-electron chi connectivity index (χ4n) is 2.09. The fourth-order valence-corrected chi connectivity index (χ4v) is 2.09. The van der Waals surface area contributed by atoms with Crippen LogP contribution in [0, 0.1) is 13.8 Å². The molecule has 0 bridgehead atoms. The van der Waals surface area contributed by atoms with Crippen molar-refractivity contribution in [2.45, 2.75) is 40.1 Å². The summed E-state index contributed by atoms with van der Waals surface area (Å²) in [6.45, 7) is 7.67. The third-order valence-electron chi connectivity index (χ3n) is 2.83. The summed E-state index contributed by atoms with van der Waals surface area (Å²) in [7, 11) is 0. The number of fused-ring (bicyclic) bond motifs is 1. The van der Waals surface area contributed by atoms with Gasteiger partial charge >= 0.3 is 0 Å². The Balaban J connectivity index is 2.63. The van der Waals surface area contributed by atoms with Crippen molar-refractivity contribution in [3.05, 3.63) is 22.8 Å². The molecular formula is C12H16O3. The average Bonchev–Trinajstić information content (AvgIpc) is 2.13. The summed E-state index contributed by atoms with van der Waals surface area (Å²) in [4.78, 5) is 0. The van der Waals surface area contributed by atoms with Crippen molar-refractivity contribution in [3.63, 3.8) is 0 Å². The number of phenolic OH excluding ortho intramolecular Hbond substituents is 1. The predicted octanol–water partition coefficient (Wildman–Crippen LogP) is 2.83. The molecular weight excluding hydrogens is 192 g/mol. The van der Waals surface area contributed by atoms with E-state index < -0.39 is 0 Å². The second kappa shape index (κ2) is 3.42. The summed E-state index contributed by atoms with van der Waals surface area (Å²) in [5.41, 5.74) is 2.76. The quantitative estimate of drug-likeness (QED) is 0.712. The van der Waals surface area contributed by atoms with Crippen molar-refractivity contribution in [1.29, 1.82) is 0 Å². The van der Waals surface area contributed by atoms with Crippen molar-refractivity contribution in [2.75, 3.05) is 0 Å². The van der Waals surface area contributed by atoms with Gasteiger partial charge in [-0.3, -0.25) is 0 Å². The molecule has 0 unspecified atom stereocenters. The van der Waals surface area contributed by atoms with Crippen LogP contribution in [0.1, 0.15) is 36.6 Å². The van der Waals surface area contributed by atoms with Gasteiger partial charge in [0.1, 0.15) is 11.5 Å². The van der Waals surface area contributed by atoms with E-state index >= 15 is 0 Å². The third kappa shape index (κ3) is 1.57. The van der Waals surface area contributed by atoms with Crippen molar-refractivity contribution in [2.24, 2.45) is 0 Å². The predicted molar refractivity (Wildman–Crippen MR) is 57.2 cm³/mol. The van der Waals surface area contributed by atoms with Crippen LogP contribution in [0.15, 0.2) is 6.07 Å². The van der Waals surface area contributed by atoms with Crippen LogP contribution < -0.4 is 4.74 Å².